The number of benzene rings is 1. The molecule has 1 aliphatic carbocycles. The predicted molar refractivity (Wildman–Crippen MR) is 96.3 cm³/mol. The van der Waals surface area contributed by atoms with E-state index in [1.807, 2.05) is 0 Å². The third-order valence-electron chi connectivity index (χ3n) is 4.42. The molecule has 0 spiro atoms. The fraction of sp³-hybridized carbons (Fsp3) is 0.474. The van der Waals surface area contributed by atoms with Crippen LogP contribution in [0.5, 0.6) is 11.5 Å². The van der Waals surface area contributed by atoms with Gasteiger partial charge < -0.3 is 20.5 Å². The molecule has 0 heterocycles. The Hall–Kier alpha value is -2.50. The van der Waals surface area contributed by atoms with Gasteiger partial charge in [-0.05, 0) is 42.5 Å². The van der Waals surface area contributed by atoms with Crippen molar-refractivity contribution in [3.63, 3.8) is 0 Å². The summed E-state index contributed by atoms with van der Waals surface area (Å²) in [6.45, 7) is 1.97. The second kappa shape index (κ2) is 9.11. The number of ether oxygens (including phenoxy) is 2. The van der Waals surface area contributed by atoms with Gasteiger partial charge >= 0.3 is 0 Å². The van der Waals surface area contributed by atoms with E-state index in [1.54, 1.807) is 24.3 Å². The average molecular weight is 346 g/mol. The molecule has 0 radical (unpaired) electrons. The van der Waals surface area contributed by atoms with Gasteiger partial charge in [0.2, 0.25) is 5.91 Å². The molecule has 1 aromatic carbocycles. The van der Waals surface area contributed by atoms with Gasteiger partial charge in [0.25, 0.3) is 5.91 Å². The lowest BCUT2D eigenvalue weighted by atomic mass is 9.86. The Bertz CT molecular complexity index is 642. The third-order valence-corrected chi connectivity index (χ3v) is 4.42. The highest BCUT2D eigenvalue weighted by Gasteiger charge is 2.21. The van der Waals surface area contributed by atoms with Gasteiger partial charge in [-0.2, -0.15) is 0 Å². The topological polar surface area (TPSA) is 90.7 Å². The summed E-state index contributed by atoms with van der Waals surface area (Å²) in [6.07, 6.45) is 7.87. The van der Waals surface area contributed by atoms with Crippen molar-refractivity contribution < 1.29 is 19.1 Å². The molecule has 0 bridgehead atoms. The summed E-state index contributed by atoms with van der Waals surface area (Å²) in [6, 6.07) is 5.46. The Kier molecular flexibility index (Phi) is 6.86. The number of amides is 2. The maximum atomic E-state index is 12.1. The molecule has 2 unspecified atom stereocenters. The Balaban J connectivity index is 1.97. The zero-order valence-electron chi connectivity index (χ0n) is 14.8. The summed E-state index contributed by atoms with van der Waals surface area (Å²) >= 11 is 0. The molecule has 0 aliphatic heterocycles. The highest BCUT2D eigenvalue weighted by Crippen LogP contribution is 2.28. The summed E-state index contributed by atoms with van der Waals surface area (Å²) in [5.41, 5.74) is 5.87. The lowest BCUT2D eigenvalue weighted by Crippen LogP contribution is -2.40. The minimum absolute atomic E-state index is 0.0910. The third kappa shape index (κ3) is 5.81. The molecule has 0 aromatic heterocycles. The molecule has 1 fully saturated rings. The molecule has 136 valence electrons. The smallest absolute Gasteiger partial charge is 0.255 e. The van der Waals surface area contributed by atoms with Crippen LogP contribution in [0.15, 0.2) is 24.3 Å². The van der Waals surface area contributed by atoms with Crippen molar-refractivity contribution in [1.29, 1.82) is 0 Å². The summed E-state index contributed by atoms with van der Waals surface area (Å²) in [4.78, 5) is 22.9. The van der Waals surface area contributed by atoms with Crippen molar-refractivity contribution in [2.75, 3.05) is 13.7 Å². The van der Waals surface area contributed by atoms with E-state index in [2.05, 4.69) is 12.2 Å². The van der Waals surface area contributed by atoms with Crippen molar-refractivity contribution in [1.82, 2.24) is 5.32 Å². The van der Waals surface area contributed by atoms with Crippen molar-refractivity contribution in [3.05, 3.63) is 29.8 Å². The van der Waals surface area contributed by atoms with Crippen molar-refractivity contribution in [2.24, 2.45) is 11.7 Å². The zero-order chi connectivity index (χ0) is 18.2. The highest BCUT2D eigenvalue weighted by atomic mass is 16.5. The van der Waals surface area contributed by atoms with Crippen LogP contribution in [0.2, 0.25) is 0 Å². The molecule has 1 aromatic rings. The molecule has 1 saturated carbocycles. The van der Waals surface area contributed by atoms with Crippen LogP contribution in [-0.4, -0.2) is 31.6 Å². The maximum Gasteiger partial charge on any atom is 0.255 e. The lowest BCUT2D eigenvalue weighted by Gasteiger charge is -2.29. The molecular formula is C19H26N2O4. The molecule has 6 nitrogen and oxygen atoms in total. The van der Waals surface area contributed by atoms with Gasteiger partial charge in [-0.25, -0.2) is 0 Å². The van der Waals surface area contributed by atoms with E-state index >= 15 is 0 Å². The van der Waals surface area contributed by atoms with Crippen LogP contribution in [0.25, 0.3) is 6.08 Å². The molecule has 0 saturated heterocycles. The van der Waals surface area contributed by atoms with E-state index < -0.39 is 5.91 Å². The first-order valence-corrected chi connectivity index (χ1v) is 8.57. The van der Waals surface area contributed by atoms with E-state index in [1.165, 1.54) is 32.4 Å². The van der Waals surface area contributed by atoms with Crippen molar-refractivity contribution in [2.45, 2.75) is 38.6 Å². The van der Waals surface area contributed by atoms with Gasteiger partial charge in [0.05, 0.1) is 7.11 Å². The number of carbonyl (C=O) groups is 2. The molecule has 2 amide bonds. The van der Waals surface area contributed by atoms with Gasteiger partial charge in [-0.15, -0.1) is 0 Å². The molecule has 1 aliphatic rings. The maximum absolute atomic E-state index is 12.1. The Morgan fingerprint density at radius 1 is 1.28 bits per heavy atom. The van der Waals surface area contributed by atoms with Gasteiger partial charge in [-0.1, -0.05) is 25.8 Å². The van der Waals surface area contributed by atoms with E-state index in [0.717, 1.165) is 12.0 Å². The van der Waals surface area contributed by atoms with E-state index in [0.29, 0.717) is 17.4 Å². The van der Waals surface area contributed by atoms with Crippen LogP contribution < -0.4 is 20.5 Å². The monoisotopic (exact) mass is 346 g/mol. The second-order valence-corrected chi connectivity index (χ2v) is 6.38. The minimum atomic E-state index is -0.556. The highest BCUT2D eigenvalue weighted by molar-refractivity contribution is 5.92. The van der Waals surface area contributed by atoms with E-state index in [-0.39, 0.29) is 18.6 Å². The van der Waals surface area contributed by atoms with Crippen LogP contribution in [-0.2, 0) is 9.59 Å². The largest absolute Gasteiger partial charge is 0.493 e. The number of rotatable bonds is 7. The van der Waals surface area contributed by atoms with Crippen LogP contribution >= 0.6 is 0 Å². The standard InChI is InChI=1S/C19H26N2O4/c1-13-5-3-4-6-15(13)21-19(23)10-8-14-7-9-16(17(11-14)24-2)25-12-18(20)22/h7-11,13,15H,3-6,12H2,1-2H3,(H2,20,22)(H,21,23)/b10-8+. The zero-order valence-corrected chi connectivity index (χ0v) is 14.8. The van der Waals surface area contributed by atoms with Crippen LogP contribution in [0, 0.1) is 5.92 Å². The molecule has 3 N–H and O–H groups in total. The molecule has 25 heavy (non-hydrogen) atoms. The SMILES string of the molecule is COc1cc(/C=C/C(=O)NC2CCCCC2C)ccc1OCC(N)=O. The number of nitrogens with two attached hydrogens (primary N) is 1. The first-order chi connectivity index (χ1) is 12.0. The van der Waals surface area contributed by atoms with Crippen LogP contribution in [0.3, 0.4) is 0 Å². The number of methoxy groups -OCH3 is 1. The number of primary amides is 1. The van der Waals surface area contributed by atoms with Crippen LogP contribution in [0.4, 0.5) is 0 Å². The first-order valence-electron chi connectivity index (χ1n) is 8.57. The second-order valence-electron chi connectivity index (χ2n) is 6.38. The molecule has 2 rings (SSSR count). The fourth-order valence-corrected chi connectivity index (χ4v) is 2.99. The molecular weight excluding hydrogens is 320 g/mol. The Labute approximate surface area is 148 Å². The summed E-state index contributed by atoms with van der Waals surface area (Å²) in [5.74, 6) is 0.780. The molecule has 2 atom stereocenters. The Morgan fingerprint density at radius 3 is 2.72 bits per heavy atom. The quantitative estimate of drug-likeness (QED) is 0.741. The van der Waals surface area contributed by atoms with Gasteiger partial charge in [0.15, 0.2) is 18.1 Å². The number of carbonyl (C=O) groups excluding carboxylic acids is 2. The van der Waals surface area contributed by atoms with Crippen LogP contribution in [0.1, 0.15) is 38.2 Å². The predicted octanol–water partition coefficient (Wildman–Crippen LogP) is 2.27. The van der Waals surface area contributed by atoms with E-state index in [9.17, 15) is 9.59 Å². The summed E-state index contributed by atoms with van der Waals surface area (Å²) in [5, 5.41) is 3.08. The lowest BCUT2D eigenvalue weighted by molar-refractivity contribution is -0.120. The Morgan fingerprint density at radius 2 is 2.04 bits per heavy atom. The average Bonchev–Trinajstić information content (AvgIpc) is 2.60. The van der Waals surface area contributed by atoms with Gasteiger partial charge in [0.1, 0.15) is 0 Å². The number of hydrogen-bond acceptors (Lipinski definition) is 4. The fourth-order valence-electron chi connectivity index (χ4n) is 2.99. The normalized spacial score (nSPS) is 20.2. The molecule has 6 heteroatoms. The number of hydrogen-bond donors (Lipinski definition) is 2. The van der Waals surface area contributed by atoms with Crippen molar-refractivity contribution in [3.8, 4) is 11.5 Å². The van der Waals surface area contributed by atoms with Gasteiger partial charge in [-0.3, -0.25) is 9.59 Å². The summed E-state index contributed by atoms with van der Waals surface area (Å²) in [7, 11) is 1.51. The number of nitrogens with one attached hydrogen (secondary N) is 1. The summed E-state index contributed by atoms with van der Waals surface area (Å²) < 4.78 is 10.5. The van der Waals surface area contributed by atoms with Gasteiger partial charge in [0, 0.05) is 12.1 Å². The minimum Gasteiger partial charge on any atom is -0.493 e. The van der Waals surface area contributed by atoms with Crippen molar-refractivity contribution >= 4 is 17.9 Å². The first kappa shape index (κ1) is 18.8. The van der Waals surface area contributed by atoms with E-state index in [4.69, 9.17) is 15.2 Å².